The average Bonchev–Trinajstić information content (AvgIpc) is 3.22. The number of fused-ring (bicyclic) bond motifs is 5. The number of anilines is 1. The van der Waals surface area contributed by atoms with Crippen molar-refractivity contribution >= 4 is 41.0 Å². The fraction of sp³-hybridized carbons (Fsp3) is 0.208. The molecule has 0 N–H and O–H groups in total. The molecule has 2 fully saturated rings. The number of carbonyl (C=O) groups excluding carboxylic acids is 3. The van der Waals surface area contributed by atoms with Gasteiger partial charge < -0.3 is 4.90 Å². The molecule has 0 aromatic heterocycles. The van der Waals surface area contributed by atoms with Crippen molar-refractivity contribution < 1.29 is 18.8 Å². The molecule has 2 aromatic carbocycles. The Labute approximate surface area is 183 Å². The van der Waals surface area contributed by atoms with Crippen LogP contribution in [0.5, 0.6) is 0 Å². The standard InChI is InChI=1S/C24H18ClFN2O3/c1-2-11-27-23(30)19-18-9-5-14-12-16(26)8-10-17(14)28(18)21(20(19)24(27)31)22(29)13-3-6-15(25)7-4-13/h2-10,12,18-21H,1,11H2/t18-,19-,20-,21+/m1/s1. The second-order valence-corrected chi connectivity index (χ2v) is 8.34. The summed E-state index contributed by atoms with van der Waals surface area (Å²) in [6.07, 6.45) is 5.04. The largest absolute Gasteiger partial charge is 0.352 e. The Hall–Kier alpha value is -3.25. The first kappa shape index (κ1) is 19.7. The SMILES string of the molecule is C=CCN1C(=O)[C@@H]2[C@H](C1=O)[C@H]1C=Cc3cc(F)ccc3N1[C@@H]2C(=O)c1ccc(Cl)cc1. The number of amides is 2. The lowest BCUT2D eigenvalue weighted by atomic mass is 9.86. The molecule has 2 saturated heterocycles. The summed E-state index contributed by atoms with van der Waals surface area (Å²) in [4.78, 5) is 43.1. The average molecular weight is 437 g/mol. The fourth-order valence-electron chi connectivity index (χ4n) is 5.00. The molecule has 4 atom stereocenters. The van der Waals surface area contributed by atoms with Gasteiger partial charge in [0.15, 0.2) is 5.78 Å². The number of Topliss-reactive ketones (excluding diaryl/α,β-unsaturated/α-hetero) is 1. The first-order valence-electron chi connectivity index (χ1n) is 9.94. The van der Waals surface area contributed by atoms with E-state index in [9.17, 15) is 18.8 Å². The zero-order chi connectivity index (χ0) is 21.9. The molecule has 0 aliphatic carbocycles. The van der Waals surface area contributed by atoms with Gasteiger partial charge in [0.2, 0.25) is 11.8 Å². The van der Waals surface area contributed by atoms with E-state index in [-0.39, 0.29) is 24.1 Å². The Balaban J connectivity index is 1.66. The minimum absolute atomic E-state index is 0.102. The van der Waals surface area contributed by atoms with Crippen molar-refractivity contribution in [2.75, 3.05) is 11.4 Å². The summed E-state index contributed by atoms with van der Waals surface area (Å²) in [5, 5.41) is 0.490. The van der Waals surface area contributed by atoms with Crippen LogP contribution in [0.4, 0.5) is 10.1 Å². The van der Waals surface area contributed by atoms with Gasteiger partial charge in [-0.1, -0.05) is 29.8 Å². The number of hydrogen-bond donors (Lipinski definition) is 0. The van der Waals surface area contributed by atoms with Gasteiger partial charge in [0.05, 0.1) is 17.9 Å². The zero-order valence-corrected chi connectivity index (χ0v) is 17.1. The summed E-state index contributed by atoms with van der Waals surface area (Å²) >= 11 is 5.97. The van der Waals surface area contributed by atoms with Gasteiger partial charge in [-0.2, -0.15) is 0 Å². The second-order valence-electron chi connectivity index (χ2n) is 7.90. The van der Waals surface area contributed by atoms with E-state index >= 15 is 0 Å². The van der Waals surface area contributed by atoms with E-state index < -0.39 is 29.7 Å². The van der Waals surface area contributed by atoms with Crippen molar-refractivity contribution in [1.82, 2.24) is 4.90 Å². The molecule has 5 nitrogen and oxygen atoms in total. The van der Waals surface area contributed by atoms with Crippen molar-refractivity contribution in [3.05, 3.63) is 83.2 Å². The molecule has 0 unspecified atom stereocenters. The molecule has 5 rings (SSSR count). The van der Waals surface area contributed by atoms with Crippen molar-refractivity contribution in [2.24, 2.45) is 11.8 Å². The molecule has 3 aliphatic rings. The van der Waals surface area contributed by atoms with E-state index in [1.165, 1.54) is 23.1 Å². The van der Waals surface area contributed by atoms with E-state index in [2.05, 4.69) is 6.58 Å². The predicted molar refractivity (Wildman–Crippen MR) is 115 cm³/mol. The molecular formula is C24H18ClFN2O3. The summed E-state index contributed by atoms with van der Waals surface area (Å²) < 4.78 is 13.8. The maximum atomic E-state index is 13.8. The normalized spacial score (nSPS) is 26.0. The van der Waals surface area contributed by atoms with Gasteiger partial charge >= 0.3 is 0 Å². The summed E-state index contributed by atoms with van der Waals surface area (Å²) in [6, 6.07) is 9.39. The van der Waals surface area contributed by atoms with Crippen LogP contribution in [0.2, 0.25) is 5.02 Å². The molecule has 7 heteroatoms. The zero-order valence-electron chi connectivity index (χ0n) is 16.4. The minimum atomic E-state index is -0.892. The highest BCUT2D eigenvalue weighted by Crippen LogP contribution is 2.49. The third kappa shape index (κ3) is 2.86. The van der Waals surface area contributed by atoms with Crippen LogP contribution >= 0.6 is 11.6 Å². The number of ketones is 1. The highest BCUT2D eigenvalue weighted by molar-refractivity contribution is 6.30. The molecule has 0 spiro atoms. The molecule has 0 bridgehead atoms. The Bertz CT molecular complexity index is 1160. The molecular weight excluding hydrogens is 419 g/mol. The van der Waals surface area contributed by atoms with Crippen molar-refractivity contribution in [2.45, 2.75) is 12.1 Å². The van der Waals surface area contributed by atoms with Crippen LogP contribution in [0.25, 0.3) is 6.08 Å². The van der Waals surface area contributed by atoms with Gasteiger partial charge in [0.1, 0.15) is 11.9 Å². The second kappa shape index (κ2) is 7.17. The number of rotatable bonds is 4. The van der Waals surface area contributed by atoms with Crippen molar-refractivity contribution in [1.29, 1.82) is 0 Å². The third-order valence-corrected chi connectivity index (χ3v) is 6.52. The number of nitrogens with zero attached hydrogens (tertiary/aromatic N) is 2. The predicted octanol–water partition coefficient (Wildman–Crippen LogP) is 3.73. The number of likely N-dealkylation sites (tertiary alicyclic amines) is 1. The van der Waals surface area contributed by atoms with Gasteiger partial charge in [-0.3, -0.25) is 19.3 Å². The molecule has 2 amide bonds. The first-order chi connectivity index (χ1) is 14.9. The van der Waals surface area contributed by atoms with Crippen LogP contribution in [0.15, 0.2) is 61.2 Å². The maximum absolute atomic E-state index is 13.8. The van der Waals surface area contributed by atoms with Crippen LogP contribution in [0.3, 0.4) is 0 Å². The highest BCUT2D eigenvalue weighted by atomic mass is 35.5. The Morgan fingerprint density at radius 3 is 2.52 bits per heavy atom. The fourth-order valence-corrected chi connectivity index (χ4v) is 5.13. The summed E-state index contributed by atoms with van der Waals surface area (Å²) in [6.45, 7) is 3.73. The van der Waals surface area contributed by atoms with E-state index in [1.54, 1.807) is 42.5 Å². The number of halogens is 2. The monoisotopic (exact) mass is 436 g/mol. The van der Waals surface area contributed by atoms with E-state index in [0.717, 1.165) is 0 Å². The van der Waals surface area contributed by atoms with Crippen LogP contribution < -0.4 is 4.90 Å². The van der Waals surface area contributed by atoms with E-state index in [0.29, 0.717) is 21.8 Å². The lowest BCUT2D eigenvalue weighted by Crippen LogP contribution is -2.48. The van der Waals surface area contributed by atoms with Gasteiger partial charge in [0, 0.05) is 28.4 Å². The van der Waals surface area contributed by atoms with E-state index in [4.69, 9.17) is 11.6 Å². The van der Waals surface area contributed by atoms with E-state index in [1.807, 2.05) is 4.90 Å². The van der Waals surface area contributed by atoms with Crippen LogP contribution in [0.1, 0.15) is 15.9 Å². The number of hydrogen-bond acceptors (Lipinski definition) is 4. The topological polar surface area (TPSA) is 57.7 Å². The number of imide groups is 1. The summed E-state index contributed by atoms with van der Waals surface area (Å²) in [5.41, 5.74) is 1.63. The molecule has 0 saturated carbocycles. The molecule has 0 radical (unpaired) electrons. The van der Waals surface area contributed by atoms with Gasteiger partial charge in [-0.25, -0.2) is 4.39 Å². The van der Waals surface area contributed by atoms with Crippen LogP contribution in [-0.2, 0) is 9.59 Å². The molecule has 3 heterocycles. The number of carbonyl (C=O) groups is 3. The first-order valence-corrected chi connectivity index (χ1v) is 10.3. The Morgan fingerprint density at radius 1 is 1.10 bits per heavy atom. The summed E-state index contributed by atoms with van der Waals surface area (Å²) in [5.74, 6) is -2.89. The van der Waals surface area contributed by atoms with Crippen molar-refractivity contribution in [3.8, 4) is 0 Å². The lowest BCUT2D eigenvalue weighted by molar-refractivity contribution is -0.139. The smallest absolute Gasteiger partial charge is 0.236 e. The van der Waals surface area contributed by atoms with Gasteiger partial charge in [0.25, 0.3) is 0 Å². The molecule has 31 heavy (non-hydrogen) atoms. The van der Waals surface area contributed by atoms with Crippen LogP contribution in [0, 0.1) is 17.7 Å². The highest BCUT2D eigenvalue weighted by Gasteiger charge is 2.63. The third-order valence-electron chi connectivity index (χ3n) is 6.27. The lowest BCUT2D eigenvalue weighted by Gasteiger charge is -2.36. The van der Waals surface area contributed by atoms with Crippen LogP contribution in [-0.4, -0.2) is 41.1 Å². The minimum Gasteiger partial charge on any atom is -0.352 e. The quantitative estimate of drug-likeness (QED) is 0.416. The Morgan fingerprint density at radius 2 is 1.81 bits per heavy atom. The molecule has 2 aromatic rings. The number of benzene rings is 2. The Kier molecular flexibility index (Phi) is 4.55. The van der Waals surface area contributed by atoms with Gasteiger partial charge in [-0.15, -0.1) is 6.58 Å². The molecule has 3 aliphatic heterocycles. The molecule has 156 valence electrons. The van der Waals surface area contributed by atoms with Crippen molar-refractivity contribution in [3.63, 3.8) is 0 Å². The maximum Gasteiger partial charge on any atom is 0.236 e. The van der Waals surface area contributed by atoms with Gasteiger partial charge in [-0.05, 0) is 42.5 Å². The summed E-state index contributed by atoms with van der Waals surface area (Å²) in [7, 11) is 0.